The van der Waals surface area contributed by atoms with Crippen molar-refractivity contribution in [1.82, 2.24) is 15.3 Å². The SMILES string of the molecule is COc1cccc(CC(=O)NCc2nc(NCCCc3ccccc3)c3ccccc3n2)c1. The normalized spacial score (nSPS) is 10.7. The van der Waals surface area contributed by atoms with Crippen LogP contribution in [0.3, 0.4) is 0 Å². The second kappa shape index (κ2) is 11.1. The van der Waals surface area contributed by atoms with Crippen LogP contribution in [0.4, 0.5) is 5.82 Å². The summed E-state index contributed by atoms with van der Waals surface area (Å²) < 4.78 is 5.23. The fraction of sp³-hybridized carbons (Fsp3) is 0.222. The molecule has 0 saturated carbocycles. The van der Waals surface area contributed by atoms with Crippen LogP contribution in [-0.2, 0) is 24.2 Å². The monoisotopic (exact) mass is 440 g/mol. The molecular weight excluding hydrogens is 412 g/mol. The smallest absolute Gasteiger partial charge is 0.224 e. The third kappa shape index (κ3) is 6.29. The Hall–Kier alpha value is -3.93. The van der Waals surface area contributed by atoms with E-state index in [1.807, 2.05) is 54.6 Å². The van der Waals surface area contributed by atoms with Gasteiger partial charge >= 0.3 is 0 Å². The van der Waals surface area contributed by atoms with Crippen molar-refractivity contribution in [1.29, 1.82) is 0 Å². The number of aryl methyl sites for hydroxylation is 1. The molecule has 1 amide bonds. The lowest BCUT2D eigenvalue weighted by Crippen LogP contribution is -2.25. The molecule has 0 spiro atoms. The fourth-order valence-electron chi connectivity index (χ4n) is 3.69. The molecule has 0 atom stereocenters. The van der Waals surface area contributed by atoms with Crippen LogP contribution in [0, 0.1) is 0 Å². The molecule has 6 nitrogen and oxygen atoms in total. The first-order valence-corrected chi connectivity index (χ1v) is 11.1. The number of methoxy groups -OCH3 is 1. The summed E-state index contributed by atoms with van der Waals surface area (Å²) in [4.78, 5) is 21.8. The summed E-state index contributed by atoms with van der Waals surface area (Å²) in [6.07, 6.45) is 2.27. The number of carbonyl (C=O) groups is 1. The third-order valence-corrected chi connectivity index (χ3v) is 5.37. The molecule has 4 aromatic rings. The zero-order valence-electron chi connectivity index (χ0n) is 18.8. The summed E-state index contributed by atoms with van der Waals surface area (Å²) in [5.41, 5.74) is 3.08. The minimum atomic E-state index is -0.0858. The number of hydrogen-bond donors (Lipinski definition) is 2. The molecule has 0 aliphatic heterocycles. The number of hydrogen-bond acceptors (Lipinski definition) is 5. The maximum Gasteiger partial charge on any atom is 0.224 e. The summed E-state index contributed by atoms with van der Waals surface area (Å²) in [7, 11) is 1.61. The topological polar surface area (TPSA) is 76.1 Å². The first-order chi connectivity index (χ1) is 16.2. The third-order valence-electron chi connectivity index (χ3n) is 5.37. The Morgan fingerprint density at radius 1 is 0.909 bits per heavy atom. The first-order valence-electron chi connectivity index (χ1n) is 11.1. The standard InChI is InChI=1S/C27H28N4O2/c1-33-22-13-7-11-21(17-22)18-26(32)29-19-25-30-24-15-6-5-14-23(24)27(31-25)28-16-8-12-20-9-3-2-4-10-20/h2-7,9-11,13-15,17H,8,12,16,18-19H2,1H3,(H,29,32)(H,28,30,31). The number of amides is 1. The largest absolute Gasteiger partial charge is 0.497 e. The van der Waals surface area contributed by atoms with Crippen LogP contribution < -0.4 is 15.4 Å². The number of nitrogens with zero attached hydrogens (tertiary/aromatic N) is 2. The van der Waals surface area contributed by atoms with E-state index in [0.717, 1.165) is 47.4 Å². The Bertz CT molecular complexity index is 1210. The molecule has 3 aromatic carbocycles. The molecule has 0 aliphatic rings. The van der Waals surface area contributed by atoms with E-state index in [1.54, 1.807) is 7.11 Å². The number of aromatic nitrogens is 2. The second-order valence-corrected chi connectivity index (χ2v) is 7.83. The van der Waals surface area contributed by atoms with Crippen LogP contribution >= 0.6 is 0 Å². The minimum Gasteiger partial charge on any atom is -0.497 e. The van der Waals surface area contributed by atoms with Crippen molar-refractivity contribution in [3.63, 3.8) is 0 Å². The molecule has 0 radical (unpaired) electrons. The number of ether oxygens (including phenoxy) is 1. The Labute approximate surface area is 194 Å². The van der Waals surface area contributed by atoms with E-state index in [4.69, 9.17) is 9.72 Å². The average molecular weight is 441 g/mol. The molecule has 4 rings (SSSR count). The lowest BCUT2D eigenvalue weighted by atomic mass is 10.1. The van der Waals surface area contributed by atoms with Crippen LogP contribution in [-0.4, -0.2) is 29.5 Å². The zero-order valence-corrected chi connectivity index (χ0v) is 18.8. The van der Waals surface area contributed by atoms with Gasteiger partial charge in [0.05, 0.1) is 25.6 Å². The summed E-state index contributed by atoms with van der Waals surface area (Å²) in [5.74, 6) is 2.03. The van der Waals surface area contributed by atoms with Crippen LogP contribution in [0.25, 0.3) is 10.9 Å². The van der Waals surface area contributed by atoms with Crippen LogP contribution in [0.15, 0.2) is 78.9 Å². The van der Waals surface area contributed by atoms with Crippen molar-refractivity contribution in [2.75, 3.05) is 19.0 Å². The maximum atomic E-state index is 12.5. The second-order valence-electron chi connectivity index (χ2n) is 7.83. The number of carbonyl (C=O) groups excluding carboxylic acids is 1. The molecule has 168 valence electrons. The van der Waals surface area contributed by atoms with E-state index in [9.17, 15) is 4.79 Å². The number of nitrogens with one attached hydrogen (secondary N) is 2. The van der Waals surface area contributed by atoms with Crippen molar-refractivity contribution in [2.45, 2.75) is 25.8 Å². The summed E-state index contributed by atoms with van der Waals surface area (Å²) in [5, 5.41) is 7.37. The molecule has 0 saturated heterocycles. The van der Waals surface area contributed by atoms with Crippen molar-refractivity contribution >= 4 is 22.6 Å². The summed E-state index contributed by atoms with van der Waals surface area (Å²) in [6, 6.07) is 25.9. The number of para-hydroxylation sites is 1. The van der Waals surface area contributed by atoms with Crippen LogP contribution in [0.5, 0.6) is 5.75 Å². The molecular formula is C27H28N4O2. The lowest BCUT2D eigenvalue weighted by molar-refractivity contribution is -0.120. The van der Waals surface area contributed by atoms with Gasteiger partial charge in [0.1, 0.15) is 11.6 Å². The van der Waals surface area contributed by atoms with E-state index in [0.29, 0.717) is 5.82 Å². The highest BCUT2D eigenvalue weighted by Crippen LogP contribution is 2.20. The number of anilines is 1. The zero-order chi connectivity index (χ0) is 22.9. The van der Waals surface area contributed by atoms with Gasteiger partial charge in [-0.05, 0) is 48.2 Å². The Morgan fingerprint density at radius 3 is 2.55 bits per heavy atom. The van der Waals surface area contributed by atoms with Crippen LogP contribution in [0.2, 0.25) is 0 Å². The molecule has 0 fully saturated rings. The van der Waals surface area contributed by atoms with Gasteiger partial charge in [-0.15, -0.1) is 0 Å². The van der Waals surface area contributed by atoms with Gasteiger partial charge in [0.15, 0.2) is 5.82 Å². The molecule has 1 aromatic heterocycles. The number of rotatable bonds is 10. The molecule has 33 heavy (non-hydrogen) atoms. The maximum absolute atomic E-state index is 12.5. The van der Waals surface area contributed by atoms with Gasteiger partial charge < -0.3 is 15.4 Å². The Morgan fingerprint density at radius 2 is 1.70 bits per heavy atom. The van der Waals surface area contributed by atoms with E-state index >= 15 is 0 Å². The van der Waals surface area contributed by atoms with E-state index in [2.05, 4.69) is 39.9 Å². The van der Waals surface area contributed by atoms with Gasteiger partial charge in [-0.2, -0.15) is 0 Å². The molecule has 1 heterocycles. The quantitative estimate of drug-likeness (QED) is 0.354. The van der Waals surface area contributed by atoms with Gasteiger partial charge in [0, 0.05) is 11.9 Å². The Balaban J connectivity index is 1.38. The van der Waals surface area contributed by atoms with E-state index in [1.165, 1.54) is 5.56 Å². The molecule has 2 N–H and O–H groups in total. The molecule has 0 aliphatic carbocycles. The average Bonchev–Trinajstić information content (AvgIpc) is 2.86. The molecule has 0 bridgehead atoms. The van der Waals surface area contributed by atoms with Gasteiger partial charge in [-0.25, -0.2) is 9.97 Å². The van der Waals surface area contributed by atoms with Crippen molar-refractivity contribution < 1.29 is 9.53 Å². The van der Waals surface area contributed by atoms with Gasteiger partial charge in [-0.1, -0.05) is 54.6 Å². The number of benzene rings is 3. The minimum absolute atomic E-state index is 0.0858. The Kier molecular flexibility index (Phi) is 7.48. The lowest BCUT2D eigenvalue weighted by Gasteiger charge is -2.12. The molecule has 6 heteroatoms. The van der Waals surface area contributed by atoms with Crippen molar-refractivity contribution in [3.8, 4) is 5.75 Å². The van der Waals surface area contributed by atoms with Gasteiger partial charge in [0.2, 0.25) is 5.91 Å². The predicted octanol–water partition coefficient (Wildman–Crippen LogP) is 4.54. The first kappa shape index (κ1) is 22.3. The van der Waals surface area contributed by atoms with Crippen molar-refractivity contribution in [3.05, 3.63) is 95.8 Å². The predicted molar refractivity (Wildman–Crippen MR) is 131 cm³/mol. The number of fused-ring (bicyclic) bond motifs is 1. The molecule has 0 unspecified atom stereocenters. The fourth-order valence-corrected chi connectivity index (χ4v) is 3.69. The summed E-state index contributed by atoms with van der Waals surface area (Å²) in [6.45, 7) is 1.07. The highest BCUT2D eigenvalue weighted by molar-refractivity contribution is 5.89. The van der Waals surface area contributed by atoms with Crippen molar-refractivity contribution in [2.24, 2.45) is 0 Å². The highest BCUT2D eigenvalue weighted by atomic mass is 16.5. The van der Waals surface area contributed by atoms with Gasteiger partial charge in [0.25, 0.3) is 0 Å². The van der Waals surface area contributed by atoms with Crippen LogP contribution in [0.1, 0.15) is 23.4 Å². The van der Waals surface area contributed by atoms with E-state index < -0.39 is 0 Å². The van der Waals surface area contributed by atoms with E-state index in [-0.39, 0.29) is 18.9 Å². The summed E-state index contributed by atoms with van der Waals surface area (Å²) >= 11 is 0. The van der Waals surface area contributed by atoms with Gasteiger partial charge in [-0.3, -0.25) is 4.79 Å². The highest BCUT2D eigenvalue weighted by Gasteiger charge is 2.10.